The monoisotopic (exact) mass is 340 g/mol. The summed E-state index contributed by atoms with van der Waals surface area (Å²) in [5, 5.41) is 13.8. The first-order valence-electron chi connectivity index (χ1n) is 9.10. The summed E-state index contributed by atoms with van der Waals surface area (Å²) in [5.41, 5.74) is 9.92. The number of aliphatic hydroxyl groups is 1. The minimum Gasteiger partial charge on any atom is -0.493 e. The molecule has 4 atom stereocenters. The van der Waals surface area contributed by atoms with Crippen LogP contribution in [0.5, 0.6) is 5.75 Å². The third-order valence-corrected chi connectivity index (χ3v) is 5.00. The maximum Gasteiger partial charge on any atom is 0.124 e. The summed E-state index contributed by atoms with van der Waals surface area (Å²) in [5.74, 6) is 0.943. The molecule has 0 saturated carbocycles. The van der Waals surface area contributed by atoms with E-state index < -0.39 is 6.10 Å². The lowest BCUT2D eigenvalue weighted by atomic mass is 9.92. The topological polar surface area (TPSA) is 67.5 Å². The van der Waals surface area contributed by atoms with Crippen molar-refractivity contribution in [3.05, 3.63) is 65.2 Å². The Morgan fingerprint density at radius 1 is 1.24 bits per heavy atom. The highest BCUT2D eigenvalue weighted by molar-refractivity contribution is 5.41. The number of hydrogen-bond donors (Lipinski definition) is 3. The van der Waals surface area contributed by atoms with Crippen LogP contribution in [-0.2, 0) is 6.42 Å². The molecule has 3 rings (SSSR count). The fourth-order valence-corrected chi connectivity index (χ4v) is 3.42. The van der Waals surface area contributed by atoms with Crippen molar-refractivity contribution in [3.63, 3.8) is 0 Å². The van der Waals surface area contributed by atoms with Gasteiger partial charge >= 0.3 is 0 Å². The Bertz CT molecular complexity index is 688. The molecule has 4 heteroatoms. The van der Waals surface area contributed by atoms with E-state index in [2.05, 4.69) is 42.6 Å². The number of fused-ring (bicyclic) bond motifs is 1. The van der Waals surface area contributed by atoms with Gasteiger partial charge in [-0.2, -0.15) is 0 Å². The first-order valence-corrected chi connectivity index (χ1v) is 9.10. The van der Waals surface area contributed by atoms with Crippen LogP contribution in [0.4, 0.5) is 0 Å². The number of ether oxygens (including phenoxy) is 1. The molecular weight excluding hydrogens is 312 g/mol. The van der Waals surface area contributed by atoms with E-state index in [-0.39, 0.29) is 18.1 Å². The van der Waals surface area contributed by atoms with E-state index in [1.165, 1.54) is 11.1 Å². The van der Waals surface area contributed by atoms with Gasteiger partial charge in [0.05, 0.1) is 18.8 Å². The summed E-state index contributed by atoms with van der Waals surface area (Å²) < 4.78 is 5.83. The number of nitrogens with two attached hydrogens (primary N) is 1. The summed E-state index contributed by atoms with van der Waals surface area (Å²) >= 11 is 0. The molecule has 1 aliphatic rings. The normalized spacial score (nSPS) is 20.2. The second kappa shape index (κ2) is 8.00. The van der Waals surface area contributed by atoms with E-state index in [0.717, 1.165) is 24.2 Å². The fourth-order valence-electron chi connectivity index (χ4n) is 3.42. The molecule has 4 N–H and O–H groups in total. The average Bonchev–Trinajstić information content (AvgIpc) is 2.65. The molecule has 0 spiro atoms. The SMILES string of the molecule is CCc1ccc2c(c1)[C@@H](NC(c1ccccc1)[C@H](N)[C@@H](C)O)CCO2. The standard InChI is InChI=1S/C21H28N2O2/c1-3-15-9-10-19-17(13-15)18(11-12-25-19)23-21(20(22)14(2)24)16-7-5-4-6-8-16/h4-10,13-14,18,20-21,23-24H,3,11-12,22H2,1-2H3/t14-,18+,20-,21?/m1/s1. The molecule has 0 radical (unpaired) electrons. The first kappa shape index (κ1) is 17.9. The van der Waals surface area contributed by atoms with Crippen molar-refractivity contribution in [2.75, 3.05) is 6.61 Å². The summed E-state index contributed by atoms with van der Waals surface area (Å²) in [6.45, 7) is 4.58. The molecule has 0 aliphatic carbocycles. The quantitative estimate of drug-likeness (QED) is 0.756. The van der Waals surface area contributed by atoms with Crippen LogP contribution >= 0.6 is 0 Å². The van der Waals surface area contributed by atoms with E-state index in [4.69, 9.17) is 10.5 Å². The molecule has 0 fully saturated rings. The Morgan fingerprint density at radius 3 is 2.68 bits per heavy atom. The molecule has 1 heterocycles. The zero-order valence-electron chi connectivity index (χ0n) is 15.0. The Kier molecular flexibility index (Phi) is 5.74. The summed E-state index contributed by atoms with van der Waals surface area (Å²) in [6.07, 6.45) is 1.28. The van der Waals surface area contributed by atoms with Gasteiger partial charge in [0, 0.05) is 24.1 Å². The number of nitrogens with one attached hydrogen (secondary N) is 1. The van der Waals surface area contributed by atoms with Gasteiger partial charge in [0.2, 0.25) is 0 Å². The fraction of sp³-hybridized carbons (Fsp3) is 0.429. The number of aliphatic hydroxyl groups excluding tert-OH is 1. The number of hydrogen-bond acceptors (Lipinski definition) is 4. The molecule has 1 unspecified atom stereocenters. The number of rotatable bonds is 6. The van der Waals surface area contributed by atoms with Gasteiger partial charge in [-0.05, 0) is 30.5 Å². The summed E-state index contributed by atoms with van der Waals surface area (Å²) in [4.78, 5) is 0. The molecule has 2 aromatic rings. The predicted molar refractivity (Wildman–Crippen MR) is 101 cm³/mol. The van der Waals surface area contributed by atoms with Crippen molar-refractivity contribution in [3.8, 4) is 5.75 Å². The lowest BCUT2D eigenvalue weighted by Crippen LogP contribution is -2.46. The van der Waals surface area contributed by atoms with Gasteiger partial charge in [0.25, 0.3) is 0 Å². The third-order valence-electron chi connectivity index (χ3n) is 5.00. The van der Waals surface area contributed by atoms with Gasteiger partial charge in [-0.3, -0.25) is 0 Å². The third kappa shape index (κ3) is 4.03. The van der Waals surface area contributed by atoms with Crippen molar-refractivity contribution < 1.29 is 9.84 Å². The van der Waals surface area contributed by atoms with Crippen LogP contribution in [0, 0.1) is 0 Å². The Morgan fingerprint density at radius 2 is 2.00 bits per heavy atom. The molecule has 4 nitrogen and oxygen atoms in total. The largest absolute Gasteiger partial charge is 0.493 e. The first-order chi connectivity index (χ1) is 12.1. The molecular formula is C21H28N2O2. The average molecular weight is 340 g/mol. The number of aryl methyl sites for hydroxylation is 1. The zero-order valence-corrected chi connectivity index (χ0v) is 15.0. The predicted octanol–water partition coefficient (Wildman–Crippen LogP) is 3.11. The van der Waals surface area contributed by atoms with Crippen molar-refractivity contribution in [2.45, 2.75) is 50.9 Å². The summed E-state index contributed by atoms with van der Waals surface area (Å²) in [7, 11) is 0. The highest BCUT2D eigenvalue weighted by Crippen LogP contribution is 2.35. The maximum atomic E-state index is 10.1. The molecule has 0 amide bonds. The highest BCUT2D eigenvalue weighted by Gasteiger charge is 2.29. The van der Waals surface area contributed by atoms with E-state index in [1.807, 2.05) is 18.2 Å². The van der Waals surface area contributed by atoms with E-state index >= 15 is 0 Å². The van der Waals surface area contributed by atoms with Crippen LogP contribution < -0.4 is 15.8 Å². The molecule has 0 aromatic heterocycles. The van der Waals surface area contributed by atoms with Gasteiger partial charge in [-0.15, -0.1) is 0 Å². The second-order valence-corrected chi connectivity index (χ2v) is 6.79. The van der Waals surface area contributed by atoms with Crippen LogP contribution in [0.1, 0.15) is 49.0 Å². The lowest BCUT2D eigenvalue weighted by Gasteiger charge is -2.34. The lowest BCUT2D eigenvalue weighted by molar-refractivity contribution is 0.135. The van der Waals surface area contributed by atoms with Gasteiger partial charge in [0.1, 0.15) is 5.75 Å². The second-order valence-electron chi connectivity index (χ2n) is 6.79. The highest BCUT2D eigenvalue weighted by atomic mass is 16.5. The Labute approximate surface area is 150 Å². The molecule has 25 heavy (non-hydrogen) atoms. The summed E-state index contributed by atoms with van der Waals surface area (Å²) in [6, 6.07) is 16.2. The Balaban J connectivity index is 1.91. The van der Waals surface area contributed by atoms with Crippen molar-refractivity contribution in [1.82, 2.24) is 5.32 Å². The van der Waals surface area contributed by atoms with Crippen LogP contribution in [0.15, 0.2) is 48.5 Å². The zero-order chi connectivity index (χ0) is 17.8. The smallest absolute Gasteiger partial charge is 0.124 e. The minimum atomic E-state index is -0.598. The molecule has 1 aliphatic heterocycles. The molecule has 0 saturated heterocycles. The Hall–Kier alpha value is -1.88. The minimum absolute atomic E-state index is 0.123. The van der Waals surface area contributed by atoms with Crippen LogP contribution in [0.2, 0.25) is 0 Å². The van der Waals surface area contributed by atoms with E-state index in [1.54, 1.807) is 6.92 Å². The van der Waals surface area contributed by atoms with Crippen molar-refractivity contribution in [2.24, 2.45) is 5.73 Å². The van der Waals surface area contributed by atoms with Crippen LogP contribution in [-0.4, -0.2) is 23.9 Å². The van der Waals surface area contributed by atoms with Crippen molar-refractivity contribution in [1.29, 1.82) is 0 Å². The van der Waals surface area contributed by atoms with Crippen molar-refractivity contribution >= 4 is 0 Å². The molecule has 2 aromatic carbocycles. The maximum absolute atomic E-state index is 10.1. The van der Waals surface area contributed by atoms with E-state index in [0.29, 0.717) is 6.61 Å². The van der Waals surface area contributed by atoms with Gasteiger partial charge in [-0.1, -0.05) is 49.4 Å². The van der Waals surface area contributed by atoms with Gasteiger partial charge in [-0.25, -0.2) is 0 Å². The molecule has 134 valence electrons. The van der Waals surface area contributed by atoms with Crippen LogP contribution in [0.3, 0.4) is 0 Å². The molecule has 0 bridgehead atoms. The number of benzene rings is 2. The van der Waals surface area contributed by atoms with Gasteiger partial charge < -0.3 is 20.9 Å². The van der Waals surface area contributed by atoms with E-state index in [9.17, 15) is 5.11 Å². The van der Waals surface area contributed by atoms with Crippen LogP contribution in [0.25, 0.3) is 0 Å². The van der Waals surface area contributed by atoms with Gasteiger partial charge in [0.15, 0.2) is 0 Å².